The van der Waals surface area contributed by atoms with Gasteiger partial charge >= 0.3 is 6.09 Å². The standard InChI is InChI=1S/C22H27N3O3/c1-5-15-7-6-8-16(13-15)23-21(26)28-17-9-10-19-18(14-17)22(2)11-12-25(4,27)20(22)24(19)3/h6-10,13-14,20H,5,11-12H2,1-4H3,(H,23,26)/t20-,22-,25?/m0/s1. The Kier molecular flexibility index (Phi) is 4.36. The van der Waals surface area contributed by atoms with Crippen molar-refractivity contribution in [3.8, 4) is 5.75 Å². The van der Waals surface area contributed by atoms with Gasteiger partial charge in [0.2, 0.25) is 0 Å². The van der Waals surface area contributed by atoms with Gasteiger partial charge < -0.3 is 19.5 Å². The predicted molar refractivity (Wildman–Crippen MR) is 110 cm³/mol. The Labute approximate surface area is 165 Å². The molecule has 3 atom stereocenters. The number of likely N-dealkylation sites (N-methyl/N-ethyl adjacent to an activating group) is 2. The molecule has 4 rings (SSSR count). The van der Waals surface area contributed by atoms with Crippen LogP contribution in [-0.4, -0.2) is 37.5 Å². The molecule has 6 nitrogen and oxygen atoms in total. The van der Waals surface area contributed by atoms with Crippen molar-refractivity contribution in [3.05, 3.63) is 58.8 Å². The van der Waals surface area contributed by atoms with Crippen LogP contribution in [0.25, 0.3) is 0 Å². The lowest BCUT2D eigenvalue weighted by atomic mass is 9.81. The summed E-state index contributed by atoms with van der Waals surface area (Å²) in [5.41, 5.74) is 3.74. The van der Waals surface area contributed by atoms with Crippen molar-refractivity contribution in [2.24, 2.45) is 0 Å². The summed E-state index contributed by atoms with van der Waals surface area (Å²) in [6.07, 6.45) is 1.05. The van der Waals surface area contributed by atoms with E-state index in [2.05, 4.69) is 24.1 Å². The van der Waals surface area contributed by atoms with Crippen molar-refractivity contribution in [1.82, 2.24) is 0 Å². The topological polar surface area (TPSA) is 64.6 Å². The number of hydroxylamine groups is 3. The van der Waals surface area contributed by atoms with Gasteiger partial charge in [0.25, 0.3) is 0 Å². The molecule has 2 aliphatic heterocycles. The lowest BCUT2D eigenvalue weighted by Gasteiger charge is -2.44. The van der Waals surface area contributed by atoms with Crippen LogP contribution in [0.15, 0.2) is 42.5 Å². The molecule has 28 heavy (non-hydrogen) atoms. The normalized spacial score (nSPS) is 28.0. The van der Waals surface area contributed by atoms with Gasteiger partial charge in [-0.3, -0.25) is 5.32 Å². The fourth-order valence-corrected chi connectivity index (χ4v) is 4.97. The molecule has 0 saturated carbocycles. The molecule has 2 heterocycles. The lowest BCUT2D eigenvalue weighted by molar-refractivity contribution is -0.874. The number of anilines is 2. The number of rotatable bonds is 3. The minimum atomic E-state index is -0.517. The number of hydrogen-bond acceptors (Lipinski definition) is 4. The number of ether oxygens (including phenoxy) is 1. The minimum absolute atomic E-state index is 0.150. The number of nitrogens with one attached hydrogen (secondary N) is 1. The van der Waals surface area contributed by atoms with Crippen LogP contribution in [0, 0.1) is 5.21 Å². The van der Waals surface area contributed by atoms with E-state index in [1.165, 1.54) is 0 Å². The van der Waals surface area contributed by atoms with E-state index in [1.54, 1.807) is 13.1 Å². The molecular formula is C22H27N3O3. The van der Waals surface area contributed by atoms with Crippen LogP contribution in [0.4, 0.5) is 16.2 Å². The fourth-order valence-electron chi connectivity index (χ4n) is 4.97. The summed E-state index contributed by atoms with van der Waals surface area (Å²) in [5, 5.41) is 15.7. The Balaban J connectivity index is 1.55. The molecule has 0 aliphatic carbocycles. The maximum Gasteiger partial charge on any atom is 0.417 e. The SMILES string of the molecule is CCc1cccc(NC(=O)Oc2ccc3c(c2)[C@]2(C)CC[N+](C)([O-])[C@@H]2N3C)c1. The van der Waals surface area contributed by atoms with Crippen molar-refractivity contribution >= 4 is 17.5 Å². The minimum Gasteiger partial charge on any atom is -0.631 e. The molecule has 0 spiro atoms. The number of amides is 1. The predicted octanol–water partition coefficient (Wildman–Crippen LogP) is 4.24. The quantitative estimate of drug-likeness (QED) is 0.638. The number of carbonyl (C=O) groups excluding carboxylic acids is 1. The second-order valence-electron chi connectivity index (χ2n) is 8.30. The molecule has 1 amide bonds. The zero-order valence-corrected chi connectivity index (χ0v) is 16.9. The third kappa shape index (κ3) is 2.93. The number of quaternary nitrogens is 1. The smallest absolute Gasteiger partial charge is 0.417 e. The van der Waals surface area contributed by atoms with E-state index < -0.39 is 6.09 Å². The molecule has 1 saturated heterocycles. The molecule has 2 aromatic carbocycles. The zero-order chi connectivity index (χ0) is 20.1. The number of hydrogen-bond donors (Lipinski definition) is 1. The third-order valence-electron chi connectivity index (χ3n) is 6.28. The highest BCUT2D eigenvalue weighted by Crippen LogP contribution is 2.54. The number of aryl methyl sites for hydroxylation is 1. The Bertz CT molecular complexity index is 927. The summed E-state index contributed by atoms with van der Waals surface area (Å²) in [7, 11) is 3.72. The van der Waals surface area contributed by atoms with Gasteiger partial charge in [0.1, 0.15) is 5.75 Å². The van der Waals surface area contributed by atoms with Crippen LogP contribution in [0.3, 0.4) is 0 Å². The average Bonchev–Trinajstić information content (AvgIpc) is 3.04. The molecule has 1 fully saturated rings. The first-order valence-electron chi connectivity index (χ1n) is 9.76. The largest absolute Gasteiger partial charge is 0.631 e. The van der Waals surface area contributed by atoms with Gasteiger partial charge in [-0.05, 0) is 54.8 Å². The van der Waals surface area contributed by atoms with Gasteiger partial charge in [0.05, 0.1) is 19.0 Å². The Morgan fingerprint density at radius 1 is 1.36 bits per heavy atom. The molecule has 0 aromatic heterocycles. The van der Waals surface area contributed by atoms with Gasteiger partial charge in [-0.1, -0.05) is 19.1 Å². The van der Waals surface area contributed by atoms with E-state index in [0.29, 0.717) is 18.0 Å². The number of carbonyl (C=O) groups is 1. The second-order valence-corrected chi connectivity index (χ2v) is 8.30. The zero-order valence-electron chi connectivity index (χ0n) is 16.9. The van der Waals surface area contributed by atoms with Crippen LogP contribution < -0.4 is 15.0 Å². The number of nitrogens with zero attached hydrogens (tertiary/aromatic N) is 2. The maximum absolute atomic E-state index is 12.9. The fraction of sp³-hybridized carbons (Fsp3) is 0.409. The summed E-state index contributed by atoms with van der Waals surface area (Å²) >= 11 is 0. The van der Waals surface area contributed by atoms with E-state index in [4.69, 9.17) is 4.74 Å². The first-order valence-corrected chi connectivity index (χ1v) is 9.76. The van der Waals surface area contributed by atoms with Crippen LogP contribution in [-0.2, 0) is 11.8 Å². The van der Waals surface area contributed by atoms with E-state index in [0.717, 1.165) is 29.7 Å². The third-order valence-corrected chi connectivity index (χ3v) is 6.28. The van der Waals surface area contributed by atoms with Gasteiger partial charge in [-0.2, -0.15) is 0 Å². The summed E-state index contributed by atoms with van der Waals surface area (Å²) in [4.78, 5) is 14.4. The van der Waals surface area contributed by atoms with Gasteiger partial charge in [-0.25, -0.2) is 4.79 Å². The molecular weight excluding hydrogens is 354 g/mol. The summed E-state index contributed by atoms with van der Waals surface area (Å²) in [6, 6.07) is 13.4. The molecule has 148 valence electrons. The molecule has 0 radical (unpaired) electrons. The van der Waals surface area contributed by atoms with E-state index in [9.17, 15) is 10.0 Å². The van der Waals surface area contributed by atoms with Crippen LogP contribution in [0.1, 0.15) is 31.4 Å². The van der Waals surface area contributed by atoms with Gasteiger partial charge in [0, 0.05) is 24.8 Å². The first-order chi connectivity index (χ1) is 13.2. The molecule has 2 aliphatic rings. The summed E-state index contributed by atoms with van der Waals surface area (Å²) < 4.78 is 5.27. The Morgan fingerprint density at radius 3 is 2.89 bits per heavy atom. The number of likely N-dealkylation sites (tertiary alicyclic amines) is 1. The summed E-state index contributed by atoms with van der Waals surface area (Å²) in [6.45, 7) is 4.80. The molecule has 6 heteroatoms. The molecule has 0 bridgehead atoms. The van der Waals surface area contributed by atoms with Crippen molar-refractivity contribution < 1.29 is 14.2 Å². The van der Waals surface area contributed by atoms with Crippen molar-refractivity contribution in [1.29, 1.82) is 0 Å². The monoisotopic (exact) mass is 381 g/mol. The van der Waals surface area contributed by atoms with Crippen molar-refractivity contribution in [2.75, 3.05) is 30.9 Å². The van der Waals surface area contributed by atoms with Gasteiger partial charge in [-0.15, -0.1) is 0 Å². The highest BCUT2D eigenvalue weighted by molar-refractivity contribution is 5.86. The first kappa shape index (κ1) is 18.8. The highest BCUT2D eigenvalue weighted by Gasteiger charge is 2.58. The van der Waals surface area contributed by atoms with E-state index >= 15 is 0 Å². The number of benzene rings is 2. The molecule has 1 unspecified atom stereocenters. The van der Waals surface area contributed by atoms with Crippen molar-refractivity contribution in [3.63, 3.8) is 0 Å². The lowest BCUT2D eigenvalue weighted by Crippen LogP contribution is -2.54. The van der Waals surface area contributed by atoms with Gasteiger partial charge in [0.15, 0.2) is 6.17 Å². The Hall–Kier alpha value is -2.57. The second kappa shape index (κ2) is 6.50. The van der Waals surface area contributed by atoms with Crippen LogP contribution in [0.5, 0.6) is 5.75 Å². The number of fused-ring (bicyclic) bond motifs is 3. The van der Waals surface area contributed by atoms with Crippen LogP contribution >= 0.6 is 0 Å². The molecule has 2 aromatic rings. The Morgan fingerprint density at radius 2 is 2.14 bits per heavy atom. The van der Waals surface area contributed by atoms with Crippen molar-refractivity contribution in [2.45, 2.75) is 38.3 Å². The van der Waals surface area contributed by atoms with Crippen LogP contribution in [0.2, 0.25) is 0 Å². The van der Waals surface area contributed by atoms with E-state index in [-0.39, 0.29) is 16.2 Å². The average molecular weight is 381 g/mol. The highest BCUT2D eigenvalue weighted by atomic mass is 16.6. The van der Waals surface area contributed by atoms with E-state index in [1.807, 2.05) is 43.4 Å². The summed E-state index contributed by atoms with van der Waals surface area (Å²) in [5.74, 6) is 0.491. The molecule has 1 N–H and O–H groups in total. The maximum atomic E-state index is 12.9.